The number of hydrogen-bond acceptors (Lipinski definition) is 7. The van der Waals surface area contributed by atoms with E-state index >= 15 is 0 Å². The molecule has 0 atom stereocenters. The lowest BCUT2D eigenvalue weighted by atomic mass is 10.1. The van der Waals surface area contributed by atoms with E-state index in [1.807, 2.05) is 30.3 Å². The molecule has 5 rings (SSSR count). The predicted octanol–water partition coefficient (Wildman–Crippen LogP) is 8.01. The fraction of sp³-hybridized carbons (Fsp3) is 0. The first-order chi connectivity index (χ1) is 18.3. The highest BCUT2D eigenvalue weighted by Gasteiger charge is 2.10. The van der Waals surface area contributed by atoms with Crippen LogP contribution in [0, 0.1) is 20.2 Å². The van der Waals surface area contributed by atoms with Gasteiger partial charge in [0, 0.05) is 68.6 Å². The van der Waals surface area contributed by atoms with Crippen molar-refractivity contribution in [2.45, 2.75) is 0 Å². The minimum absolute atomic E-state index is 0.0753. The quantitative estimate of drug-likeness (QED) is 0.0927. The topological polar surface area (TPSA) is 124 Å². The Kier molecular flexibility index (Phi) is 6.78. The SMILES string of the molecule is O=[N+]([O-])c1ccc(Cl)c(C=Nc2ccc3cc4ccc(N=Cc5cc([N+](=O)[O-])ccc5Cl)cc4nc3c2)c1. The predicted molar refractivity (Wildman–Crippen MR) is 150 cm³/mol. The molecule has 0 radical (unpaired) electrons. The van der Waals surface area contributed by atoms with E-state index in [0.29, 0.717) is 43.6 Å². The van der Waals surface area contributed by atoms with Crippen molar-refractivity contribution < 1.29 is 9.85 Å². The van der Waals surface area contributed by atoms with Gasteiger partial charge in [0.15, 0.2) is 0 Å². The molecule has 0 saturated carbocycles. The number of rotatable bonds is 6. The van der Waals surface area contributed by atoms with Gasteiger partial charge in [-0.15, -0.1) is 0 Å². The van der Waals surface area contributed by atoms with E-state index in [-0.39, 0.29) is 11.4 Å². The lowest BCUT2D eigenvalue weighted by molar-refractivity contribution is -0.385. The van der Waals surface area contributed by atoms with E-state index in [1.165, 1.54) is 48.8 Å². The molecule has 5 aromatic rings. The van der Waals surface area contributed by atoms with Crippen molar-refractivity contribution in [2.75, 3.05) is 0 Å². The highest BCUT2D eigenvalue weighted by Crippen LogP contribution is 2.28. The molecule has 0 aliphatic carbocycles. The lowest BCUT2D eigenvalue weighted by Gasteiger charge is -2.04. The van der Waals surface area contributed by atoms with Gasteiger partial charge in [0.25, 0.3) is 11.4 Å². The molecule has 0 saturated heterocycles. The summed E-state index contributed by atoms with van der Waals surface area (Å²) in [5.74, 6) is 0. The van der Waals surface area contributed by atoms with E-state index in [4.69, 9.17) is 28.2 Å². The van der Waals surface area contributed by atoms with Crippen molar-refractivity contribution in [1.82, 2.24) is 4.98 Å². The third-order valence-electron chi connectivity index (χ3n) is 5.67. The van der Waals surface area contributed by atoms with E-state index in [9.17, 15) is 20.2 Å². The van der Waals surface area contributed by atoms with E-state index in [2.05, 4.69) is 9.98 Å². The average molecular weight is 544 g/mol. The molecule has 0 unspecified atom stereocenters. The molecule has 0 spiro atoms. The van der Waals surface area contributed by atoms with Crippen LogP contribution in [0.3, 0.4) is 0 Å². The van der Waals surface area contributed by atoms with Crippen LogP contribution in [0.5, 0.6) is 0 Å². The summed E-state index contributed by atoms with van der Waals surface area (Å²) >= 11 is 12.3. The van der Waals surface area contributed by atoms with Gasteiger partial charge in [0.2, 0.25) is 0 Å². The van der Waals surface area contributed by atoms with Gasteiger partial charge in [-0.25, -0.2) is 4.98 Å². The Balaban J connectivity index is 1.46. The van der Waals surface area contributed by atoms with E-state index in [0.717, 1.165) is 10.8 Å². The Bertz CT molecular complexity index is 1690. The summed E-state index contributed by atoms with van der Waals surface area (Å²) in [6, 6.07) is 21.3. The summed E-state index contributed by atoms with van der Waals surface area (Å²) < 4.78 is 0. The molecule has 4 aromatic carbocycles. The molecule has 1 heterocycles. The van der Waals surface area contributed by atoms with Gasteiger partial charge in [-0.3, -0.25) is 30.2 Å². The smallest absolute Gasteiger partial charge is 0.258 e. The van der Waals surface area contributed by atoms with Crippen LogP contribution >= 0.6 is 23.2 Å². The molecule has 186 valence electrons. The summed E-state index contributed by atoms with van der Waals surface area (Å²) in [5.41, 5.74) is 3.29. The number of aliphatic imine (C=N–C) groups is 2. The zero-order valence-electron chi connectivity index (χ0n) is 19.3. The molecule has 38 heavy (non-hydrogen) atoms. The first kappa shape index (κ1) is 24.9. The molecule has 0 bridgehead atoms. The summed E-state index contributed by atoms with van der Waals surface area (Å²) in [7, 11) is 0. The van der Waals surface area contributed by atoms with Crippen molar-refractivity contribution in [1.29, 1.82) is 0 Å². The summed E-state index contributed by atoms with van der Waals surface area (Å²) in [4.78, 5) is 34.7. The van der Waals surface area contributed by atoms with Crippen molar-refractivity contribution >= 4 is 80.2 Å². The van der Waals surface area contributed by atoms with Crippen molar-refractivity contribution in [3.63, 3.8) is 0 Å². The molecule has 0 aliphatic heterocycles. The normalized spacial score (nSPS) is 11.6. The van der Waals surface area contributed by atoms with E-state index in [1.54, 1.807) is 12.1 Å². The van der Waals surface area contributed by atoms with Crippen LogP contribution in [0.1, 0.15) is 11.1 Å². The van der Waals surface area contributed by atoms with Gasteiger partial charge in [0.05, 0.1) is 32.3 Å². The van der Waals surface area contributed by atoms with Gasteiger partial charge >= 0.3 is 0 Å². The maximum atomic E-state index is 11.1. The first-order valence-corrected chi connectivity index (χ1v) is 11.8. The van der Waals surface area contributed by atoms with Gasteiger partial charge < -0.3 is 0 Å². The Morgan fingerprint density at radius 3 is 1.50 bits per heavy atom. The monoisotopic (exact) mass is 543 g/mol. The van der Waals surface area contributed by atoms with Crippen molar-refractivity contribution in [3.05, 3.63) is 120 Å². The molecule has 0 fully saturated rings. The molecule has 9 nitrogen and oxygen atoms in total. The van der Waals surface area contributed by atoms with Crippen LogP contribution in [0.15, 0.2) is 88.8 Å². The van der Waals surface area contributed by atoms with Gasteiger partial charge in [-0.05, 0) is 42.5 Å². The fourth-order valence-corrected chi connectivity index (χ4v) is 4.07. The summed E-state index contributed by atoms with van der Waals surface area (Å²) in [6.07, 6.45) is 2.95. The number of nitro groups is 2. The maximum Gasteiger partial charge on any atom is 0.270 e. The van der Waals surface area contributed by atoms with Crippen LogP contribution in [-0.2, 0) is 0 Å². The fourth-order valence-electron chi connectivity index (χ4n) is 3.74. The minimum atomic E-state index is -0.491. The number of fused-ring (bicyclic) bond motifs is 2. The Hall–Kier alpha value is -4.73. The lowest BCUT2D eigenvalue weighted by Crippen LogP contribution is -1.91. The number of aromatic nitrogens is 1. The summed E-state index contributed by atoms with van der Waals surface area (Å²) in [6.45, 7) is 0. The zero-order chi connectivity index (χ0) is 26.8. The van der Waals surface area contributed by atoms with Crippen molar-refractivity contribution in [2.24, 2.45) is 9.98 Å². The van der Waals surface area contributed by atoms with Crippen LogP contribution in [0.4, 0.5) is 22.7 Å². The standard InChI is InChI=1S/C27H15Cl2N5O4/c28-24-7-5-22(33(35)36)10-18(24)14-30-20-3-1-16-9-17-2-4-21(13-27(17)32-26(16)12-20)31-15-19-11-23(34(37)38)6-8-25(19)29/h1-15H. The Labute approximate surface area is 225 Å². The zero-order valence-corrected chi connectivity index (χ0v) is 20.8. The largest absolute Gasteiger partial charge is 0.270 e. The number of non-ortho nitro benzene ring substituents is 2. The molecular weight excluding hydrogens is 529 g/mol. The second-order valence-corrected chi connectivity index (χ2v) is 9.00. The number of benzene rings is 4. The molecule has 0 aliphatic rings. The van der Waals surface area contributed by atoms with Crippen LogP contribution in [-0.4, -0.2) is 27.3 Å². The highest BCUT2D eigenvalue weighted by molar-refractivity contribution is 6.33. The number of nitrogens with zero attached hydrogens (tertiary/aromatic N) is 5. The van der Waals surface area contributed by atoms with Gasteiger partial charge in [-0.2, -0.15) is 0 Å². The molecular formula is C27H15Cl2N5O4. The second kappa shape index (κ2) is 10.3. The van der Waals surface area contributed by atoms with Crippen LogP contribution in [0.25, 0.3) is 21.8 Å². The molecule has 11 heteroatoms. The molecule has 0 N–H and O–H groups in total. The van der Waals surface area contributed by atoms with Gasteiger partial charge in [-0.1, -0.05) is 35.3 Å². The number of pyridine rings is 1. The third-order valence-corrected chi connectivity index (χ3v) is 6.35. The first-order valence-electron chi connectivity index (χ1n) is 11.1. The Morgan fingerprint density at radius 2 is 1.08 bits per heavy atom. The third kappa shape index (κ3) is 5.34. The van der Waals surface area contributed by atoms with E-state index < -0.39 is 9.85 Å². The number of halogens is 2. The minimum Gasteiger partial charge on any atom is -0.258 e. The highest BCUT2D eigenvalue weighted by atomic mass is 35.5. The molecule has 0 amide bonds. The van der Waals surface area contributed by atoms with Gasteiger partial charge in [0.1, 0.15) is 0 Å². The molecule has 1 aromatic heterocycles. The van der Waals surface area contributed by atoms with Crippen LogP contribution < -0.4 is 0 Å². The summed E-state index contributed by atoms with van der Waals surface area (Å²) in [5, 5.41) is 24.6. The average Bonchev–Trinajstić information content (AvgIpc) is 2.90. The second-order valence-electron chi connectivity index (χ2n) is 8.18. The number of nitro benzene ring substituents is 2. The van der Waals surface area contributed by atoms with Crippen molar-refractivity contribution in [3.8, 4) is 0 Å². The van der Waals surface area contributed by atoms with Crippen LogP contribution in [0.2, 0.25) is 10.0 Å². The number of hydrogen-bond donors (Lipinski definition) is 0. The Morgan fingerprint density at radius 1 is 0.632 bits per heavy atom. The maximum absolute atomic E-state index is 11.1.